The maximum atomic E-state index is 13.6. The number of fused-ring (bicyclic) bond motifs is 1. The minimum atomic E-state index is -0.601. The minimum Gasteiger partial charge on any atom is -0.336 e. The zero-order valence-electron chi connectivity index (χ0n) is 17.4. The van der Waals surface area contributed by atoms with E-state index in [1.807, 2.05) is 13.8 Å². The number of hydrogen-bond donors (Lipinski definition) is 1. The molecule has 0 saturated carbocycles. The van der Waals surface area contributed by atoms with Crippen LogP contribution in [-0.2, 0) is 4.79 Å². The van der Waals surface area contributed by atoms with Gasteiger partial charge in [-0.3, -0.25) is 9.59 Å². The lowest BCUT2D eigenvalue weighted by Crippen LogP contribution is -2.43. The first-order valence-electron chi connectivity index (χ1n) is 10.1. The first kappa shape index (κ1) is 21.6. The zero-order chi connectivity index (χ0) is 22.3. The largest absolute Gasteiger partial charge is 0.336 e. The van der Waals surface area contributed by atoms with Gasteiger partial charge in [-0.25, -0.2) is 4.98 Å². The minimum absolute atomic E-state index is 0.103. The second kappa shape index (κ2) is 8.48. The van der Waals surface area contributed by atoms with Crippen LogP contribution in [-0.4, -0.2) is 39.4 Å². The smallest absolute Gasteiger partial charge is 0.259 e. The highest BCUT2D eigenvalue weighted by Gasteiger charge is 2.36. The van der Waals surface area contributed by atoms with Gasteiger partial charge in [-0.05, 0) is 49.9 Å². The van der Waals surface area contributed by atoms with Crippen molar-refractivity contribution in [2.45, 2.75) is 45.6 Å². The fourth-order valence-corrected chi connectivity index (χ4v) is 4.39. The highest BCUT2D eigenvalue weighted by molar-refractivity contribution is 6.35. The average molecular weight is 461 g/mol. The summed E-state index contributed by atoms with van der Waals surface area (Å²) in [4.78, 5) is 32.7. The number of rotatable bonds is 4. The van der Waals surface area contributed by atoms with Crippen LogP contribution in [0.5, 0.6) is 0 Å². The van der Waals surface area contributed by atoms with Gasteiger partial charge in [0.25, 0.3) is 11.6 Å². The first-order valence-corrected chi connectivity index (χ1v) is 10.8. The molecule has 0 bridgehead atoms. The lowest BCUT2D eigenvalue weighted by molar-refractivity contribution is -0.119. The van der Waals surface area contributed by atoms with Gasteiger partial charge in [-0.15, -0.1) is 0 Å². The Morgan fingerprint density at radius 3 is 2.58 bits per heavy atom. The van der Waals surface area contributed by atoms with Gasteiger partial charge in [0.2, 0.25) is 5.91 Å². The molecule has 1 N–H and O–H groups in total. The van der Waals surface area contributed by atoms with E-state index in [1.54, 1.807) is 36.1 Å². The molecule has 1 aliphatic rings. The molecule has 31 heavy (non-hydrogen) atoms. The number of carbonyl (C=O) groups excluding carboxylic acids is 2. The molecule has 1 aromatic carbocycles. The average Bonchev–Trinajstić information content (AvgIpc) is 3.33. The van der Waals surface area contributed by atoms with Crippen molar-refractivity contribution in [3.05, 3.63) is 51.3 Å². The summed E-state index contributed by atoms with van der Waals surface area (Å²) in [5, 5.41) is 8.24. The van der Waals surface area contributed by atoms with Crippen LogP contribution < -0.4 is 5.32 Å². The molecule has 0 aliphatic carbocycles. The van der Waals surface area contributed by atoms with E-state index >= 15 is 0 Å². The topological polar surface area (TPSA) is 88.3 Å². The summed E-state index contributed by atoms with van der Waals surface area (Å²) >= 11 is 12.1. The third-order valence-corrected chi connectivity index (χ3v) is 5.84. The summed E-state index contributed by atoms with van der Waals surface area (Å²) in [7, 11) is 0. The van der Waals surface area contributed by atoms with Crippen molar-refractivity contribution in [3.8, 4) is 0 Å². The van der Waals surface area contributed by atoms with Gasteiger partial charge in [0, 0.05) is 28.0 Å². The van der Waals surface area contributed by atoms with Crippen LogP contribution in [0.2, 0.25) is 10.0 Å². The first-order chi connectivity index (χ1) is 14.7. The highest BCUT2D eigenvalue weighted by Crippen LogP contribution is 2.29. The summed E-state index contributed by atoms with van der Waals surface area (Å²) in [6.07, 6.45) is 1.30. The van der Waals surface area contributed by atoms with E-state index in [1.165, 1.54) is 0 Å². The number of benzene rings is 1. The molecule has 7 nitrogen and oxygen atoms in total. The Hall–Kier alpha value is -2.64. The molecule has 2 amide bonds. The monoisotopic (exact) mass is 460 g/mol. The number of likely N-dealkylation sites (tertiary alicyclic amines) is 1. The zero-order valence-corrected chi connectivity index (χ0v) is 18.9. The second-order valence-electron chi connectivity index (χ2n) is 8.00. The summed E-state index contributed by atoms with van der Waals surface area (Å²) < 4.78 is 5.33. The SMILES string of the molecule is Cc1noc2nc(C(C)C)cc(C(=O)N3CCCC3C(=O)Nc3cc(Cl)cc(Cl)c3)c12. The number of amides is 2. The number of pyridine rings is 1. The van der Waals surface area contributed by atoms with E-state index in [0.29, 0.717) is 51.1 Å². The lowest BCUT2D eigenvalue weighted by Gasteiger charge is -2.24. The summed E-state index contributed by atoms with van der Waals surface area (Å²) in [5.74, 6) is -0.408. The van der Waals surface area contributed by atoms with Crippen LogP contribution in [0.4, 0.5) is 5.69 Å². The number of nitrogens with one attached hydrogen (secondary N) is 1. The predicted molar refractivity (Wildman–Crippen MR) is 120 cm³/mol. The van der Waals surface area contributed by atoms with Crippen molar-refractivity contribution >= 4 is 51.8 Å². The van der Waals surface area contributed by atoms with Crippen LogP contribution in [0.3, 0.4) is 0 Å². The Morgan fingerprint density at radius 1 is 1.19 bits per heavy atom. The number of hydrogen-bond acceptors (Lipinski definition) is 5. The van der Waals surface area contributed by atoms with Crippen LogP contribution in [0.25, 0.3) is 11.1 Å². The van der Waals surface area contributed by atoms with E-state index in [2.05, 4.69) is 15.5 Å². The van der Waals surface area contributed by atoms with Crippen LogP contribution in [0.15, 0.2) is 28.8 Å². The molecule has 1 saturated heterocycles. The quantitative estimate of drug-likeness (QED) is 0.577. The Labute approximate surface area is 189 Å². The molecule has 162 valence electrons. The molecular weight excluding hydrogens is 439 g/mol. The molecule has 2 aromatic heterocycles. The van der Waals surface area contributed by atoms with Crippen LogP contribution >= 0.6 is 23.2 Å². The number of nitrogens with zero attached hydrogens (tertiary/aromatic N) is 3. The molecule has 1 atom stereocenters. The molecule has 1 aliphatic heterocycles. The van der Waals surface area contributed by atoms with Crippen molar-refractivity contribution in [3.63, 3.8) is 0 Å². The van der Waals surface area contributed by atoms with Gasteiger partial charge in [-0.2, -0.15) is 0 Å². The molecule has 3 aromatic rings. The van der Waals surface area contributed by atoms with Gasteiger partial charge < -0.3 is 14.7 Å². The Morgan fingerprint density at radius 2 is 1.90 bits per heavy atom. The second-order valence-corrected chi connectivity index (χ2v) is 8.87. The Kier molecular flexibility index (Phi) is 5.90. The third kappa shape index (κ3) is 4.25. The van der Waals surface area contributed by atoms with Crippen molar-refractivity contribution in [2.75, 3.05) is 11.9 Å². The molecule has 0 radical (unpaired) electrons. The van der Waals surface area contributed by atoms with Gasteiger partial charge in [0.05, 0.1) is 16.6 Å². The van der Waals surface area contributed by atoms with Crippen molar-refractivity contribution in [1.29, 1.82) is 0 Å². The molecule has 4 rings (SSSR count). The van der Waals surface area contributed by atoms with Gasteiger partial charge >= 0.3 is 0 Å². The van der Waals surface area contributed by atoms with Crippen molar-refractivity contribution < 1.29 is 14.1 Å². The third-order valence-electron chi connectivity index (χ3n) is 5.41. The summed E-state index contributed by atoms with van der Waals surface area (Å²) in [5.41, 5.74) is 2.61. The summed E-state index contributed by atoms with van der Waals surface area (Å²) in [6.45, 7) is 6.25. The van der Waals surface area contributed by atoms with Crippen LogP contribution in [0.1, 0.15) is 54.4 Å². The number of aromatic nitrogens is 2. The predicted octanol–water partition coefficient (Wildman–Crippen LogP) is 5.20. The van der Waals surface area contributed by atoms with E-state index in [9.17, 15) is 9.59 Å². The standard InChI is InChI=1S/C22H22Cl2N4O3/c1-11(2)17-10-16(19-12(3)27-31-21(19)26-17)22(30)28-6-4-5-18(28)20(29)25-15-8-13(23)7-14(24)9-15/h7-11,18H,4-6H2,1-3H3,(H,25,29). The lowest BCUT2D eigenvalue weighted by atomic mass is 10.0. The highest BCUT2D eigenvalue weighted by atomic mass is 35.5. The number of halogens is 2. The molecule has 3 heterocycles. The number of aryl methyl sites for hydroxylation is 1. The Bertz CT molecular complexity index is 1150. The maximum Gasteiger partial charge on any atom is 0.259 e. The van der Waals surface area contributed by atoms with Crippen molar-refractivity contribution in [2.24, 2.45) is 0 Å². The van der Waals surface area contributed by atoms with Gasteiger partial charge in [0.1, 0.15) is 6.04 Å². The van der Waals surface area contributed by atoms with Gasteiger partial charge in [0.15, 0.2) is 0 Å². The number of anilines is 1. The van der Waals surface area contributed by atoms with Gasteiger partial charge in [-0.1, -0.05) is 42.2 Å². The van der Waals surface area contributed by atoms with E-state index in [-0.39, 0.29) is 17.7 Å². The molecule has 0 spiro atoms. The molecule has 1 unspecified atom stereocenters. The molecule has 1 fully saturated rings. The number of carbonyl (C=O) groups is 2. The van der Waals surface area contributed by atoms with E-state index in [4.69, 9.17) is 27.7 Å². The van der Waals surface area contributed by atoms with E-state index < -0.39 is 6.04 Å². The Balaban J connectivity index is 1.65. The fraction of sp³-hybridized carbons (Fsp3) is 0.364. The van der Waals surface area contributed by atoms with Crippen LogP contribution in [0, 0.1) is 6.92 Å². The van der Waals surface area contributed by atoms with Crippen molar-refractivity contribution in [1.82, 2.24) is 15.0 Å². The molecule has 9 heteroatoms. The summed E-state index contributed by atoms with van der Waals surface area (Å²) in [6, 6.07) is 6.01. The maximum absolute atomic E-state index is 13.6. The normalized spacial score (nSPS) is 16.3. The fourth-order valence-electron chi connectivity index (χ4n) is 3.87. The van der Waals surface area contributed by atoms with E-state index in [0.717, 1.165) is 12.1 Å². The molecular formula is C22H22Cl2N4O3.